The molecule has 1 N–H and O–H groups in total. The van der Waals surface area contributed by atoms with E-state index in [0.717, 1.165) is 39.0 Å². The van der Waals surface area contributed by atoms with Crippen molar-refractivity contribution in [1.29, 1.82) is 0 Å². The standard InChI is InChI=1S/C16H31N3O2/c1-16(2,3)21-15(20)17-13-6-5-7-14(12-13)19-10-8-18(4)9-11-19/h13-14H,5-12H2,1-4H3,(H,17,20)/t13-,14-/m1/s1. The minimum Gasteiger partial charge on any atom is -0.444 e. The van der Waals surface area contributed by atoms with E-state index in [1.54, 1.807) is 0 Å². The summed E-state index contributed by atoms with van der Waals surface area (Å²) in [6.07, 6.45) is 4.31. The van der Waals surface area contributed by atoms with Crippen molar-refractivity contribution in [1.82, 2.24) is 15.1 Å². The van der Waals surface area contributed by atoms with Crippen molar-refractivity contribution in [2.75, 3.05) is 33.2 Å². The molecule has 2 atom stereocenters. The van der Waals surface area contributed by atoms with Crippen LogP contribution in [0.1, 0.15) is 46.5 Å². The third-order valence-corrected chi connectivity index (χ3v) is 4.42. The van der Waals surface area contributed by atoms with Gasteiger partial charge in [-0.2, -0.15) is 0 Å². The normalized spacial score (nSPS) is 29.1. The van der Waals surface area contributed by atoms with Crippen molar-refractivity contribution >= 4 is 6.09 Å². The Morgan fingerprint density at radius 2 is 1.81 bits per heavy atom. The minimum absolute atomic E-state index is 0.262. The van der Waals surface area contributed by atoms with Gasteiger partial charge >= 0.3 is 6.09 Å². The van der Waals surface area contributed by atoms with E-state index in [1.165, 1.54) is 12.8 Å². The summed E-state index contributed by atoms with van der Waals surface area (Å²) in [5, 5.41) is 3.06. The van der Waals surface area contributed by atoms with Crippen molar-refractivity contribution in [3.63, 3.8) is 0 Å². The van der Waals surface area contributed by atoms with Crippen LogP contribution >= 0.6 is 0 Å². The number of likely N-dealkylation sites (N-methyl/N-ethyl adjacent to an activating group) is 1. The predicted molar refractivity (Wildman–Crippen MR) is 84.5 cm³/mol. The fourth-order valence-electron chi connectivity index (χ4n) is 3.29. The van der Waals surface area contributed by atoms with E-state index in [4.69, 9.17) is 4.74 Å². The smallest absolute Gasteiger partial charge is 0.407 e. The Bertz CT molecular complexity index is 346. The number of alkyl carbamates (subject to hydrolysis) is 1. The Morgan fingerprint density at radius 1 is 1.14 bits per heavy atom. The number of ether oxygens (including phenoxy) is 1. The number of carbonyl (C=O) groups is 1. The first-order valence-corrected chi connectivity index (χ1v) is 8.25. The number of hydrogen-bond donors (Lipinski definition) is 1. The van der Waals surface area contributed by atoms with Crippen LogP contribution in [0.5, 0.6) is 0 Å². The van der Waals surface area contributed by atoms with Gasteiger partial charge in [0.1, 0.15) is 5.60 Å². The number of rotatable bonds is 2. The van der Waals surface area contributed by atoms with Gasteiger partial charge in [0.25, 0.3) is 0 Å². The van der Waals surface area contributed by atoms with Gasteiger partial charge in [0.05, 0.1) is 0 Å². The molecule has 1 aliphatic heterocycles. The lowest BCUT2D eigenvalue weighted by Gasteiger charge is -2.41. The van der Waals surface area contributed by atoms with Crippen molar-refractivity contribution in [3.8, 4) is 0 Å². The predicted octanol–water partition coefficient (Wildman–Crippen LogP) is 2.07. The molecular formula is C16H31N3O2. The van der Waals surface area contributed by atoms with Gasteiger partial charge in [-0.1, -0.05) is 0 Å². The average molecular weight is 297 g/mol. The molecule has 5 nitrogen and oxygen atoms in total. The molecule has 2 rings (SSSR count). The molecule has 122 valence electrons. The summed E-state index contributed by atoms with van der Waals surface area (Å²) in [5.74, 6) is 0. The molecule has 1 saturated carbocycles. The van der Waals surface area contributed by atoms with E-state index in [2.05, 4.69) is 22.2 Å². The van der Waals surface area contributed by atoms with Crippen LogP contribution in [-0.2, 0) is 4.74 Å². The van der Waals surface area contributed by atoms with Gasteiger partial charge in [-0.05, 0) is 53.5 Å². The molecule has 2 fully saturated rings. The van der Waals surface area contributed by atoms with Crippen LogP contribution in [0.25, 0.3) is 0 Å². The van der Waals surface area contributed by atoms with Crippen LogP contribution in [0, 0.1) is 0 Å². The van der Waals surface area contributed by atoms with Crippen LogP contribution in [0.3, 0.4) is 0 Å². The molecule has 0 unspecified atom stereocenters. The first-order valence-electron chi connectivity index (χ1n) is 8.25. The molecule has 0 spiro atoms. The van der Waals surface area contributed by atoms with Crippen molar-refractivity contribution < 1.29 is 9.53 Å². The molecule has 1 aliphatic carbocycles. The van der Waals surface area contributed by atoms with Gasteiger partial charge in [-0.15, -0.1) is 0 Å². The van der Waals surface area contributed by atoms with Crippen LogP contribution in [-0.4, -0.2) is 66.8 Å². The zero-order valence-electron chi connectivity index (χ0n) is 14.0. The molecular weight excluding hydrogens is 266 g/mol. The minimum atomic E-state index is -0.421. The van der Waals surface area contributed by atoms with Crippen molar-refractivity contribution in [2.24, 2.45) is 0 Å². The highest BCUT2D eigenvalue weighted by atomic mass is 16.6. The Morgan fingerprint density at radius 3 is 2.43 bits per heavy atom. The Kier molecular flexibility index (Phi) is 5.49. The quantitative estimate of drug-likeness (QED) is 0.847. The summed E-state index contributed by atoms with van der Waals surface area (Å²) in [6.45, 7) is 10.3. The first kappa shape index (κ1) is 16.6. The van der Waals surface area contributed by atoms with Crippen LogP contribution in [0.2, 0.25) is 0 Å². The fourth-order valence-corrected chi connectivity index (χ4v) is 3.29. The van der Waals surface area contributed by atoms with E-state index in [1.807, 2.05) is 20.8 Å². The van der Waals surface area contributed by atoms with E-state index in [0.29, 0.717) is 6.04 Å². The summed E-state index contributed by atoms with van der Waals surface area (Å²) in [4.78, 5) is 16.9. The molecule has 1 saturated heterocycles. The van der Waals surface area contributed by atoms with Crippen molar-refractivity contribution in [2.45, 2.75) is 64.1 Å². The summed E-state index contributed by atoms with van der Waals surface area (Å²) in [5.41, 5.74) is -0.421. The molecule has 0 radical (unpaired) electrons. The molecule has 5 heteroatoms. The largest absolute Gasteiger partial charge is 0.444 e. The SMILES string of the molecule is CN1CCN([C@@H]2CCC[C@@H](NC(=O)OC(C)(C)C)C2)CC1. The Labute approximate surface area is 129 Å². The number of piperazine rings is 1. The highest BCUT2D eigenvalue weighted by Crippen LogP contribution is 2.24. The second kappa shape index (κ2) is 6.97. The number of nitrogens with zero attached hydrogens (tertiary/aromatic N) is 2. The zero-order valence-corrected chi connectivity index (χ0v) is 14.0. The summed E-state index contributed by atoms with van der Waals surface area (Å²) >= 11 is 0. The van der Waals surface area contributed by atoms with Gasteiger partial charge in [-0.3, -0.25) is 4.90 Å². The molecule has 0 aromatic rings. The number of carbonyl (C=O) groups excluding carboxylic acids is 1. The van der Waals surface area contributed by atoms with E-state index >= 15 is 0 Å². The number of nitrogens with one attached hydrogen (secondary N) is 1. The third-order valence-electron chi connectivity index (χ3n) is 4.42. The maximum absolute atomic E-state index is 11.9. The monoisotopic (exact) mass is 297 g/mol. The molecule has 21 heavy (non-hydrogen) atoms. The van der Waals surface area contributed by atoms with Crippen LogP contribution < -0.4 is 5.32 Å². The van der Waals surface area contributed by atoms with Gasteiger partial charge in [-0.25, -0.2) is 4.79 Å². The van der Waals surface area contributed by atoms with Crippen molar-refractivity contribution in [3.05, 3.63) is 0 Å². The van der Waals surface area contributed by atoms with Gasteiger partial charge in [0.15, 0.2) is 0 Å². The lowest BCUT2D eigenvalue weighted by atomic mass is 9.89. The second-order valence-electron chi connectivity index (χ2n) is 7.50. The summed E-state index contributed by atoms with van der Waals surface area (Å²) in [6, 6.07) is 0.880. The maximum atomic E-state index is 11.9. The number of amides is 1. The van der Waals surface area contributed by atoms with Gasteiger partial charge in [0, 0.05) is 38.3 Å². The molecule has 0 aromatic heterocycles. The number of hydrogen-bond acceptors (Lipinski definition) is 4. The van der Waals surface area contributed by atoms with Gasteiger partial charge < -0.3 is 15.0 Å². The van der Waals surface area contributed by atoms with Crippen LogP contribution in [0.4, 0.5) is 4.79 Å². The molecule has 0 aromatic carbocycles. The van der Waals surface area contributed by atoms with E-state index in [9.17, 15) is 4.79 Å². The summed E-state index contributed by atoms with van der Waals surface area (Å²) < 4.78 is 5.36. The molecule has 1 heterocycles. The van der Waals surface area contributed by atoms with Crippen LogP contribution in [0.15, 0.2) is 0 Å². The molecule has 1 amide bonds. The lowest BCUT2D eigenvalue weighted by Crippen LogP contribution is -2.52. The first-order chi connectivity index (χ1) is 9.83. The highest BCUT2D eigenvalue weighted by Gasteiger charge is 2.30. The molecule has 0 bridgehead atoms. The molecule has 2 aliphatic rings. The van der Waals surface area contributed by atoms with Gasteiger partial charge in [0.2, 0.25) is 0 Å². The average Bonchev–Trinajstić information content (AvgIpc) is 2.37. The van der Waals surface area contributed by atoms with E-state index < -0.39 is 5.60 Å². The lowest BCUT2D eigenvalue weighted by molar-refractivity contribution is 0.0445. The summed E-state index contributed by atoms with van der Waals surface area (Å²) in [7, 11) is 2.19. The maximum Gasteiger partial charge on any atom is 0.407 e. The zero-order chi connectivity index (χ0) is 15.5. The van der Waals surface area contributed by atoms with E-state index in [-0.39, 0.29) is 12.1 Å². The second-order valence-corrected chi connectivity index (χ2v) is 7.50. The fraction of sp³-hybridized carbons (Fsp3) is 0.938. The Hall–Kier alpha value is -0.810. The topological polar surface area (TPSA) is 44.8 Å². The highest BCUT2D eigenvalue weighted by molar-refractivity contribution is 5.68. The third kappa shape index (κ3) is 5.47. The Balaban J connectivity index is 1.79.